The van der Waals surface area contributed by atoms with Crippen LogP contribution in [-0.4, -0.2) is 20.8 Å². The van der Waals surface area contributed by atoms with Crippen molar-refractivity contribution >= 4 is 38.9 Å². The van der Waals surface area contributed by atoms with Gasteiger partial charge in [-0.3, -0.25) is 9.59 Å². The van der Waals surface area contributed by atoms with E-state index < -0.39 is 0 Å². The topological polar surface area (TPSA) is 64.8 Å². The summed E-state index contributed by atoms with van der Waals surface area (Å²) in [5.41, 5.74) is 1.62. The first-order chi connectivity index (χ1) is 13.2. The summed E-state index contributed by atoms with van der Waals surface area (Å²) in [6.45, 7) is 6.68. The van der Waals surface area contributed by atoms with E-state index in [4.69, 9.17) is 11.6 Å². The molecule has 1 aliphatic rings. The van der Waals surface area contributed by atoms with Gasteiger partial charge in [0.05, 0.1) is 5.39 Å². The first-order valence-electron chi connectivity index (χ1n) is 9.41. The van der Waals surface area contributed by atoms with Gasteiger partial charge in [0.1, 0.15) is 6.54 Å². The first-order valence-corrected chi connectivity index (χ1v) is 10.6. The van der Waals surface area contributed by atoms with E-state index in [1.54, 1.807) is 35.6 Å². The number of fused-ring (bicyclic) bond motifs is 3. The van der Waals surface area contributed by atoms with Gasteiger partial charge in [0.15, 0.2) is 10.6 Å². The molecule has 0 amide bonds. The summed E-state index contributed by atoms with van der Waals surface area (Å²) in [5.74, 6) is 0.402. The molecular weight excluding hydrogens is 394 g/mol. The normalized spacial score (nSPS) is 16.9. The third kappa shape index (κ3) is 3.51. The molecule has 1 unspecified atom stereocenters. The third-order valence-electron chi connectivity index (χ3n) is 5.62. The van der Waals surface area contributed by atoms with Crippen molar-refractivity contribution in [3.63, 3.8) is 0 Å². The molecule has 1 aromatic carbocycles. The fraction of sp³-hybridized carbons (Fsp3) is 0.429. The molecule has 0 aliphatic heterocycles. The van der Waals surface area contributed by atoms with E-state index in [9.17, 15) is 9.59 Å². The van der Waals surface area contributed by atoms with Gasteiger partial charge in [-0.15, -0.1) is 16.4 Å². The number of ketones is 1. The number of hydrogen-bond acceptors (Lipinski definition) is 5. The molecule has 1 aliphatic carbocycles. The SMILES string of the molecule is CC(C)(C)C1CCc2c(sc3nnn(CC(=O)c4ccc(Cl)cc4)c(=O)c23)C1. The molecule has 0 saturated carbocycles. The van der Waals surface area contributed by atoms with Gasteiger partial charge in [-0.25, -0.2) is 4.68 Å². The average molecular weight is 416 g/mol. The third-order valence-corrected chi connectivity index (χ3v) is 7.01. The maximum atomic E-state index is 13.1. The van der Waals surface area contributed by atoms with E-state index in [2.05, 4.69) is 31.1 Å². The van der Waals surface area contributed by atoms with Crippen molar-refractivity contribution < 1.29 is 4.79 Å². The number of aromatic nitrogens is 3. The van der Waals surface area contributed by atoms with Crippen LogP contribution in [0.2, 0.25) is 5.02 Å². The molecule has 4 rings (SSSR count). The fourth-order valence-electron chi connectivity index (χ4n) is 3.83. The molecule has 0 bridgehead atoms. The molecule has 28 heavy (non-hydrogen) atoms. The number of thiophene rings is 1. The number of Topliss-reactive ketones (excluding diaryl/α,β-unsaturated/α-hetero) is 1. The zero-order valence-corrected chi connectivity index (χ0v) is 17.7. The molecule has 0 saturated heterocycles. The van der Waals surface area contributed by atoms with Gasteiger partial charge in [-0.1, -0.05) is 37.6 Å². The molecule has 146 valence electrons. The van der Waals surface area contributed by atoms with E-state index in [1.807, 2.05) is 0 Å². The number of hydrogen-bond donors (Lipinski definition) is 0. The molecule has 5 nitrogen and oxygen atoms in total. The Kier molecular flexibility index (Phi) is 4.88. The molecule has 3 aromatic rings. The monoisotopic (exact) mass is 415 g/mol. The highest BCUT2D eigenvalue weighted by atomic mass is 35.5. The Morgan fingerprint density at radius 1 is 1.29 bits per heavy atom. The minimum absolute atomic E-state index is 0.126. The lowest BCUT2D eigenvalue weighted by Crippen LogP contribution is -2.29. The number of benzene rings is 1. The summed E-state index contributed by atoms with van der Waals surface area (Å²) >= 11 is 7.45. The largest absolute Gasteiger partial charge is 0.292 e. The van der Waals surface area contributed by atoms with Crippen LogP contribution in [0.1, 0.15) is 48.0 Å². The Morgan fingerprint density at radius 2 is 2.00 bits per heavy atom. The van der Waals surface area contributed by atoms with E-state index in [-0.39, 0.29) is 23.3 Å². The maximum absolute atomic E-state index is 13.1. The average Bonchev–Trinajstić information content (AvgIpc) is 3.02. The number of rotatable bonds is 3. The van der Waals surface area contributed by atoms with Crippen LogP contribution in [-0.2, 0) is 19.4 Å². The molecular formula is C21H22ClN3O2S. The van der Waals surface area contributed by atoms with Crippen molar-refractivity contribution in [3.8, 4) is 0 Å². The van der Waals surface area contributed by atoms with Crippen molar-refractivity contribution in [2.45, 2.75) is 46.6 Å². The Hall–Kier alpha value is -2.05. The number of nitrogens with zero attached hydrogens (tertiary/aromatic N) is 3. The van der Waals surface area contributed by atoms with Gasteiger partial charge in [0.2, 0.25) is 0 Å². The zero-order chi connectivity index (χ0) is 20.1. The van der Waals surface area contributed by atoms with Gasteiger partial charge in [-0.05, 0) is 60.4 Å². The molecule has 0 spiro atoms. The molecule has 2 heterocycles. The van der Waals surface area contributed by atoms with E-state index >= 15 is 0 Å². The van der Waals surface area contributed by atoms with Gasteiger partial charge in [0, 0.05) is 15.5 Å². The van der Waals surface area contributed by atoms with Crippen LogP contribution in [0, 0.1) is 11.3 Å². The maximum Gasteiger partial charge on any atom is 0.279 e. The lowest BCUT2D eigenvalue weighted by molar-refractivity contribution is 0.0964. The highest BCUT2D eigenvalue weighted by Crippen LogP contribution is 2.41. The number of halogens is 1. The van der Waals surface area contributed by atoms with Crippen LogP contribution in [0.5, 0.6) is 0 Å². The van der Waals surface area contributed by atoms with Crippen LogP contribution < -0.4 is 5.56 Å². The minimum Gasteiger partial charge on any atom is -0.292 e. The standard InChI is InChI=1S/C21H22ClN3O2S/c1-21(2,3)13-6-9-15-17(10-13)28-19-18(15)20(27)25(24-23-19)11-16(26)12-4-7-14(22)8-5-12/h4-5,7-8,13H,6,9-11H2,1-3H3. The molecule has 2 aromatic heterocycles. The van der Waals surface area contributed by atoms with Gasteiger partial charge < -0.3 is 0 Å². The van der Waals surface area contributed by atoms with Crippen molar-refractivity contribution in [2.75, 3.05) is 0 Å². The van der Waals surface area contributed by atoms with Crippen molar-refractivity contribution in [3.05, 3.63) is 55.6 Å². The summed E-state index contributed by atoms with van der Waals surface area (Å²) in [4.78, 5) is 27.5. The van der Waals surface area contributed by atoms with E-state index in [0.717, 1.165) is 24.8 Å². The van der Waals surface area contributed by atoms with Crippen LogP contribution in [0.3, 0.4) is 0 Å². The van der Waals surface area contributed by atoms with Crippen LogP contribution >= 0.6 is 22.9 Å². The van der Waals surface area contributed by atoms with Crippen molar-refractivity contribution in [1.82, 2.24) is 15.0 Å². The predicted molar refractivity (Wildman–Crippen MR) is 112 cm³/mol. The molecule has 7 heteroatoms. The lowest BCUT2D eigenvalue weighted by atomic mass is 9.72. The molecule has 1 atom stereocenters. The van der Waals surface area contributed by atoms with E-state index in [1.165, 1.54) is 9.56 Å². The number of aryl methyl sites for hydroxylation is 1. The number of carbonyl (C=O) groups is 1. The zero-order valence-electron chi connectivity index (χ0n) is 16.2. The Labute approximate surface area is 172 Å². The molecule has 0 N–H and O–H groups in total. The van der Waals surface area contributed by atoms with Gasteiger partial charge >= 0.3 is 0 Å². The van der Waals surface area contributed by atoms with Crippen LogP contribution in [0.4, 0.5) is 0 Å². The Morgan fingerprint density at radius 3 is 2.68 bits per heavy atom. The van der Waals surface area contributed by atoms with E-state index in [0.29, 0.717) is 26.7 Å². The minimum atomic E-state index is -0.223. The second kappa shape index (κ2) is 7.08. The lowest BCUT2D eigenvalue weighted by Gasteiger charge is -2.33. The quantitative estimate of drug-likeness (QED) is 0.589. The summed E-state index contributed by atoms with van der Waals surface area (Å²) in [6, 6.07) is 6.63. The first kappa shape index (κ1) is 19.3. The second-order valence-corrected chi connectivity index (χ2v) is 9.99. The Balaban J connectivity index is 1.67. The highest BCUT2D eigenvalue weighted by molar-refractivity contribution is 7.18. The molecule has 0 radical (unpaired) electrons. The fourth-order valence-corrected chi connectivity index (χ4v) is 5.19. The van der Waals surface area contributed by atoms with Crippen LogP contribution in [0.15, 0.2) is 29.1 Å². The van der Waals surface area contributed by atoms with Gasteiger partial charge in [-0.2, -0.15) is 0 Å². The number of carbonyl (C=O) groups excluding carboxylic acids is 1. The smallest absolute Gasteiger partial charge is 0.279 e. The second-order valence-electron chi connectivity index (χ2n) is 8.47. The van der Waals surface area contributed by atoms with Crippen molar-refractivity contribution in [1.29, 1.82) is 0 Å². The van der Waals surface area contributed by atoms with Gasteiger partial charge in [0.25, 0.3) is 5.56 Å². The Bertz CT molecular complexity index is 1110. The summed E-state index contributed by atoms with van der Waals surface area (Å²) in [6.07, 6.45) is 2.92. The molecule has 0 fully saturated rings. The van der Waals surface area contributed by atoms with Crippen molar-refractivity contribution in [2.24, 2.45) is 11.3 Å². The summed E-state index contributed by atoms with van der Waals surface area (Å²) in [7, 11) is 0. The van der Waals surface area contributed by atoms with Crippen LogP contribution in [0.25, 0.3) is 10.2 Å². The summed E-state index contributed by atoms with van der Waals surface area (Å²) in [5, 5.41) is 9.48. The highest BCUT2D eigenvalue weighted by Gasteiger charge is 2.32. The predicted octanol–water partition coefficient (Wildman–Crippen LogP) is 4.54. The summed E-state index contributed by atoms with van der Waals surface area (Å²) < 4.78 is 1.18.